The summed E-state index contributed by atoms with van der Waals surface area (Å²) in [5, 5.41) is 1.04. The summed E-state index contributed by atoms with van der Waals surface area (Å²) in [5.41, 5.74) is 7.86. The number of aromatic nitrogens is 3. The van der Waals surface area contributed by atoms with Crippen molar-refractivity contribution in [2.24, 2.45) is 0 Å². The van der Waals surface area contributed by atoms with Gasteiger partial charge >= 0.3 is 0 Å². The summed E-state index contributed by atoms with van der Waals surface area (Å²) >= 11 is 1.71. The lowest BCUT2D eigenvalue weighted by molar-refractivity contribution is 0.415. The van der Waals surface area contributed by atoms with E-state index in [0.29, 0.717) is 12.5 Å². The number of aryl methyl sites for hydroxylation is 1. The van der Waals surface area contributed by atoms with Crippen molar-refractivity contribution in [2.75, 3.05) is 12.8 Å². The maximum absolute atomic E-state index is 6.02. The Bertz CT molecular complexity index is 747. The van der Waals surface area contributed by atoms with E-state index < -0.39 is 0 Å². The molecule has 5 nitrogen and oxygen atoms in total. The van der Waals surface area contributed by atoms with E-state index in [2.05, 4.69) is 16.9 Å². The zero-order valence-corrected chi connectivity index (χ0v) is 12.3. The molecule has 3 aromatic rings. The number of thiazole rings is 1. The number of imidazole rings is 1. The third-order valence-corrected chi connectivity index (χ3v) is 4.35. The summed E-state index contributed by atoms with van der Waals surface area (Å²) < 4.78 is 7.23. The Labute approximate surface area is 121 Å². The Morgan fingerprint density at radius 2 is 2.25 bits per heavy atom. The number of hydrogen-bond acceptors (Lipinski definition) is 5. The van der Waals surface area contributed by atoms with E-state index in [1.807, 2.05) is 29.0 Å². The van der Waals surface area contributed by atoms with Crippen LogP contribution in [0.2, 0.25) is 0 Å². The number of hydrogen-bond donors (Lipinski definition) is 1. The van der Waals surface area contributed by atoms with Gasteiger partial charge in [0.25, 0.3) is 0 Å². The molecule has 104 valence electrons. The van der Waals surface area contributed by atoms with Gasteiger partial charge in [-0.15, -0.1) is 11.3 Å². The normalized spacial score (nSPS) is 11.1. The van der Waals surface area contributed by atoms with Gasteiger partial charge in [-0.25, -0.2) is 9.97 Å². The van der Waals surface area contributed by atoms with Gasteiger partial charge in [0.15, 0.2) is 0 Å². The molecule has 0 aliphatic carbocycles. The SMILES string of the molecule is CCc1cnc(Cn2c(N)nc3ccc(OC)cc32)s1. The van der Waals surface area contributed by atoms with Crippen molar-refractivity contribution in [1.82, 2.24) is 14.5 Å². The molecule has 0 saturated heterocycles. The molecule has 0 amide bonds. The van der Waals surface area contributed by atoms with E-state index in [4.69, 9.17) is 10.5 Å². The van der Waals surface area contributed by atoms with E-state index in [1.54, 1.807) is 18.4 Å². The number of rotatable bonds is 4. The zero-order chi connectivity index (χ0) is 14.1. The average Bonchev–Trinajstić information content (AvgIpc) is 3.04. The van der Waals surface area contributed by atoms with Crippen molar-refractivity contribution in [3.8, 4) is 5.75 Å². The number of ether oxygens (including phenoxy) is 1. The molecule has 3 rings (SSSR count). The minimum absolute atomic E-state index is 0.501. The molecule has 0 bridgehead atoms. The second kappa shape index (κ2) is 5.13. The molecule has 20 heavy (non-hydrogen) atoms. The lowest BCUT2D eigenvalue weighted by Gasteiger charge is -2.05. The second-order valence-electron chi connectivity index (χ2n) is 4.48. The van der Waals surface area contributed by atoms with E-state index in [-0.39, 0.29) is 0 Å². The van der Waals surface area contributed by atoms with Gasteiger partial charge in [-0.3, -0.25) is 0 Å². The second-order valence-corrected chi connectivity index (χ2v) is 5.68. The maximum Gasteiger partial charge on any atom is 0.201 e. The monoisotopic (exact) mass is 288 g/mol. The lowest BCUT2D eigenvalue weighted by atomic mass is 10.3. The van der Waals surface area contributed by atoms with Gasteiger partial charge in [-0.05, 0) is 18.6 Å². The molecular formula is C14H16N4OS. The maximum atomic E-state index is 6.02. The van der Waals surface area contributed by atoms with Crippen LogP contribution in [-0.4, -0.2) is 21.6 Å². The highest BCUT2D eigenvalue weighted by Crippen LogP contribution is 2.25. The molecule has 6 heteroatoms. The summed E-state index contributed by atoms with van der Waals surface area (Å²) in [6.45, 7) is 2.77. The van der Waals surface area contributed by atoms with Crippen LogP contribution in [0, 0.1) is 0 Å². The van der Waals surface area contributed by atoms with Gasteiger partial charge in [0, 0.05) is 17.1 Å². The van der Waals surface area contributed by atoms with Crippen LogP contribution in [0.15, 0.2) is 24.4 Å². The van der Waals surface area contributed by atoms with Gasteiger partial charge in [0.2, 0.25) is 5.95 Å². The number of nitrogen functional groups attached to an aromatic ring is 1. The molecule has 2 N–H and O–H groups in total. The molecule has 0 spiro atoms. The molecule has 0 saturated carbocycles. The summed E-state index contributed by atoms with van der Waals surface area (Å²) in [6, 6.07) is 5.76. The van der Waals surface area contributed by atoms with E-state index in [9.17, 15) is 0 Å². The first-order chi connectivity index (χ1) is 9.71. The summed E-state index contributed by atoms with van der Waals surface area (Å²) in [5.74, 6) is 1.30. The topological polar surface area (TPSA) is 66.0 Å². The van der Waals surface area contributed by atoms with Crippen molar-refractivity contribution in [2.45, 2.75) is 19.9 Å². The molecule has 0 fully saturated rings. The van der Waals surface area contributed by atoms with Crippen LogP contribution >= 0.6 is 11.3 Å². The highest BCUT2D eigenvalue weighted by Gasteiger charge is 2.11. The van der Waals surface area contributed by atoms with E-state index in [0.717, 1.165) is 28.2 Å². The number of benzene rings is 1. The first kappa shape index (κ1) is 12.9. The van der Waals surface area contributed by atoms with Crippen LogP contribution in [0.4, 0.5) is 5.95 Å². The summed E-state index contributed by atoms with van der Waals surface area (Å²) in [6.07, 6.45) is 2.93. The highest BCUT2D eigenvalue weighted by molar-refractivity contribution is 7.11. The minimum atomic E-state index is 0.501. The molecule has 2 aromatic heterocycles. The number of methoxy groups -OCH3 is 1. The van der Waals surface area contributed by atoms with Crippen molar-refractivity contribution < 1.29 is 4.74 Å². The van der Waals surface area contributed by atoms with E-state index in [1.165, 1.54) is 4.88 Å². The van der Waals surface area contributed by atoms with Crippen molar-refractivity contribution in [1.29, 1.82) is 0 Å². The molecule has 0 radical (unpaired) electrons. The Hall–Kier alpha value is -2.08. The van der Waals surface area contributed by atoms with Crippen molar-refractivity contribution in [3.63, 3.8) is 0 Å². The van der Waals surface area contributed by atoms with Crippen LogP contribution in [0.25, 0.3) is 11.0 Å². The minimum Gasteiger partial charge on any atom is -0.497 e. The Morgan fingerprint density at radius 1 is 1.40 bits per heavy atom. The first-order valence-electron chi connectivity index (χ1n) is 6.44. The van der Waals surface area contributed by atoms with Gasteiger partial charge in [-0.2, -0.15) is 0 Å². The molecule has 2 heterocycles. The lowest BCUT2D eigenvalue weighted by Crippen LogP contribution is -2.04. The molecule has 1 aromatic carbocycles. The Morgan fingerprint density at radius 3 is 2.95 bits per heavy atom. The third-order valence-electron chi connectivity index (χ3n) is 3.23. The molecule has 0 aliphatic heterocycles. The number of nitrogens with zero attached hydrogens (tertiary/aromatic N) is 3. The van der Waals surface area contributed by atoms with Gasteiger partial charge in [-0.1, -0.05) is 6.92 Å². The standard InChI is InChI=1S/C14H16N4OS/c1-3-10-7-16-13(20-10)8-18-12-6-9(19-2)4-5-11(12)17-14(18)15/h4-7H,3,8H2,1-2H3,(H2,15,17). The van der Waals surface area contributed by atoms with E-state index >= 15 is 0 Å². The highest BCUT2D eigenvalue weighted by atomic mass is 32.1. The van der Waals surface area contributed by atoms with Crippen LogP contribution < -0.4 is 10.5 Å². The number of nitrogens with two attached hydrogens (primary N) is 1. The largest absolute Gasteiger partial charge is 0.497 e. The van der Waals surface area contributed by atoms with Gasteiger partial charge < -0.3 is 15.0 Å². The van der Waals surface area contributed by atoms with Gasteiger partial charge in [0.1, 0.15) is 10.8 Å². The fraction of sp³-hybridized carbons (Fsp3) is 0.286. The molecule has 0 aliphatic rings. The molecular weight excluding hydrogens is 272 g/mol. The van der Waals surface area contributed by atoms with Gasteiger partial charge in [0.05, 0.1) is 24.7 Å². The predicted octanol–water partition coefficient (Wildman–Crippen LogP) is 2.69. The summed E-state index contributed by atoms with van der Waals surface area (Å²) in [4.78, 5) is 10.1. The van der Waals surface area contributed by atoms with Crippen LogP contribution in [-0.2, 0) is 13.0 Å². The zero-order valence-electron chi connectivity index (χ0n) is 11.5. The quantitative estimate of drug-likeness (QED) is 0.801. The van der Waals surface area contributed by atoms with Crippen molar-refractivity contribution >= 4 is 28.3 Å². The van der Waals surface area contributed by atoms with Crippen molar-refractivity contribution in [3.05, 3.63) is 34.3 Å². The van der Waals surface area contributed by atoms with Crippen LogP contribution in [0.1, 0.15) is 16.8 Å². The number of anilines is 1. The fourth-order valence-corrected chi connectivity index (χ4v) is 2.99. The third kappa shape index (κ3) is 2.22. The number of fused-ring (bicyclic) bond motifs is 1. The smallest absolute Gasteiger partial charge is 0.201 e. The Balaban J connectivity index is 2.03. The van der Waals surface area contributed by atoms with Crippen LogP contribution in [0.5, 0.6) is 5.75 Å². The molecule has 0 unspecified atom stereocenters. The Kier molecular flexibility index (Phi) is 3.31. The predicted molar refractivity (Wildman–Crippen MR) is 81.3 cm³/mol. The van der Waals surface area contributed by atoms with Crippen LogP contribution in [0.3, 0.4) is 0 Å². The fourth-order valence-electron chi connectivity index (χ4n) is 2.13. The first-order valence-corrected chi connectivity index (χ1v) is 7.26. The molecule has 0 atom stereocenters. The average molecular weight is 288 g/mol. The summed E-state index contributed by atoms with van der Waals surface area (Å²) in [7, 11) is 1.65.